The van der Waals surface area contributed by atoms with Crippen LogP contribution >= 0.6 is 11.8 Å². The van der Waals surface area contributed by atoms with Crippen LogP contribution in [0.3, 0.4) is 0 Å². The van der Waals surface area contributed by atoms with Gasteiger partial charge >= 0.3 is 5.97 Å². The second-order valence-electron chi connectivity index (χ2n) is 5.32. The van der Waals surface area contributed by atoms with Crippen molar-refractivity contribution in [3.05, 3.63) is 69.8 Å². The molecule has 1 heterocycles. The van der Waals surface area contributed by atoms with Gasteiger partial charge in [-0.1, -0.05) is 12.1 Å². The number of nitro groups is 1. The maximum absolute atomic E-state index is 12.3. The van der Waals surface area contributed by atoms with Gasteiger partial charge in [-0.2, -0.15) is 0 Å². The zero-order valence-electron chi connectivity index (χ0n) is 13.2. The molecular weight excluding hydrogens is 344 g/mol. The lowest BCUT2D eigenvalue weighted by Gasteiger charge is -2.24. The molecule has 128 valence electrons. The molecule has 1 atom stereocenters. The lowest BCUT2D eigenvalue weighted by Crippen LogP contribution is -2.27. The molecule has 7 nitrogen and oxygen atoms in total. The first-order valence-corrected chi connectivity index (χ1v) is 8.42. The summed E-state index contributed by atoms with van der Waals surface area (Å²) in [5.74, 6) is -0.261. The summed E-state index contributed by atoms with van der Waals surface area (Å²) in [6.07, 6.45) is 0. The minimum Gasteiger partial charge on any atom is -0.465 e. The number of ether oxygens (including phenoxy) is 1. The average molecular weight is 358 g/mol. The van der Waals surface area contributed by atoms with Crippen LogP contribution in [0.15, 0.2) is 48.5 Å². The SMILES string of the molecule is COC(=O)c1ccc(N2C(=O)CSC2c2cccc([N+](=O)[O-])c2)cc1. The number of nitrogens with zero attached hydrogens (tertiary/aromatic N) is 2. The fourth-order valence-electron chi connectivity index (χ4n) is 2.62. The molecule has 1 aliphatic heterocycles. The highest BCUT2D eigenvalue weighted by Gasteiger charge is 2.34. The summed E-state index contributed by atoms with van der Waals surface area (Å²) in [6, 6.07) is 12.8. The summed E-state index contributed by atoms with van der Waals surface area (Å²) in [4.78, 5) is 36.0. The van der Waals surface area contributed by atoms with E-state index >= 15 is 0 Å². The van der Waals surface area contributed by atoms with Crippen molar-refractivity contribution in [1.82, 2.24) is 0 Å². The summed E-state index contributed by atoms with van der Waals surface area (Å²) in [7, 11) is 1.30. The molecule has 3 rings (SSSR count). The van der Waals surface area contributed by atoms with Crippen molar-refractivity contribution in [2.24, 2.45) is 0 Å². The molecule has 1 aliphatic rings. The third-order valence-electron chi connectivity index (χ3n) is 3.80. The first-order chi connectivity index (χ1) is 12.0. The molecular formula is C17H14N2O5S. The molecule has 0 spiro atoms. The van der Waals surface area contributed by atoms with Crippen LogP contribution in [0.4, 0.5) is 11.4 Å². The van der Waals surface area contributed by atoms with Crippen LogP contribution < -0.4 is 4.90 Å². The summed E-state index contributed by atoms with van der Waals surface area (Å²) >= 11 is 1.40. The van der Waals surface area contributed by atoms with Crippen LogP contribution in [0.2, 0.25) is 0 Å². The van der Waals surface area contributed by atoms with E-state index in [1.165, 1.54) is 31.0 Å². The standard InChI is InChI=1S/C17H14N2O5S/c1-24-17(21)11-5-7-13(8-6-11)18-15(20)10-25-16(18)12-3-2-4-14(9-12)19(22)23/h2-9,16H,10H2,1H3. The monoisotopic (exact) mass is 358 g/mol. The topological polar surface area (TPSA) is 89.8 Å². The van der Waals surface area contributed by atoms with E-state index in [9.17, 15) is 19.7 Å². The van der Waals surface area contributed by atoms with Crippen molar-refractivity contribution in [2.75, 3.05) is 17.8 Å². The summed E-state index contributed by atoms with van der Waals surface area (Å²) in [5, 5.41) is 10.6. The Kier molecular flexibility index (Phi) is 4.71. The predicted octanol–water partition coefficient (Wildman–Crippen LogP) is 3.16. The average Bonchev–Trinajstić information content (AvgIpc) is 3.02. The second kappa shape index (κ2) is 6.94. The molecule has 0 aromatic heterocycles. The highest BCUT2D eigenvalue weighted by molar-refractivity contribution is 8.00. The Balaban J connectivity index is 1.93. The van der Waals surface area contributed by atoms with Gasteiger partial charge < -0.3 is 4.74 Å². The largest absolute Gasteiger partial charge is 0.465 e. The molecule has 0 saturated carbocycles. The summed E-state index contributed by atoms with van der Waals surface area (Å²) in [6.45, 7) is 0. The second-order valence-corrected chi connectivity index (χ2v) is 6.39. The summed E-state index contributed by atoms with van der Waals surface area (Å²) < 4.78 is 4.66. The van der Waals surface area contributed by atoms with Gasteiger partial charge in [0.1, 0.15) is 5.37 Å². The molecule has 25 heavy (non-hydrogen) atoms. The number of anilines is 1. The Morgan fingerprint density at radius 3 is 2.64 bits per heavy atom. The Morgan fingerprint density at radius 2 is 2.00 bits per heavy atom. The number of esters is 1. The van der Waals surface area contributed by atoms with Crippen molar-refractivity contribution < 1.29 is 19.2 Å². The number of hydrogen-bond acceptors (Lipinski definition) is 6. The zero-order valence-corrected chi connectivity index (χ0v) is 14.1. The number of rotatable bonds is 4. The highest BCUT2D eigenvalue weighted by atomic mass is 32.2. The molecule has 2 aromatic rings. The number of carbonyl (C=O) groups is 2. The Labute approximate surface area is 147 Å². The molecule has 0 radical (unpaired) electrons. The smallest absolute Gasteiger partial charge is 0.337 e. The quantitative estimate of drug-likeness (QED) is 0.474. The van der Waals surface area contributed by atoms with Crippen LogP contribution in [0.5, 0.6) is 0 Å². The third kappa shape index (κ3) is 3.34. The van der Waals surface area contributed by atoms with Gasteiger partial charge in [-0.05, 0) is 29.8 Å². The van der Waals surface area contributed by atoms with Crippen molar-refractivity contribution >= 4 is 35.0 Å². The number of nitro benzene ring substituents is 1. The van der Waals surface area contributed by atoms with E-state index in [4.69, 9.17) is 0 Å². The summed E-state index contributed by atoms with van der Waals surface area (Å²) in [5.41, 5.74) is 1.68. The van der Waals surface area contributed by atoms with E-state index in [-0.39, 0.29) is 22.7 Å². The van der Waals surface area contributed by atoms with E-state index in [1.54, 1.807) is 41.3 Å². The predicted molar refractivity (Wildman–Crippen MR) is 93.6 cm³/mol. The lowest BCUT2D eigenvalue weighted by molar-refractivity contribution is -0.384. The van der Waals surface area contributed by atoms with Crippen LogP contribution in [-0.2, 0) is 9.53 Å². The molecule has 0 bridgehead atoms. The number of amides is 1. The van der Waals surface area contributed by atoms with Gasteiger partial charge in [0.25, 0.3) is 5.69 Å². The normalized spacial score (nSPS) is 16.8. The van der Waals surface area contributed by atoms with Crippen molar-refractivity contribution in [3.63, 3.8) is 0 Å². The maximum Gasteiger partial charge on any atom is 0.337 e. The molecule has 1 unspecified atom stereocenters. The van der Waals surface area contributed by atoms with E-state index in [0.29, 0.717) is 16.8 Å². The van der Waals surface area contributed by atoms with Crippen LogP contribution in [0, 0.1) is 10.1 Å². The Hall–Kier alpha value is -2.87. The lowest BCUT2D eigenvalue weighted by atomic mass is 10.1. The minimum absolute atomic E-state index is 0.0153. The van der Waals surface area contributed by atoms with Gasteiger partial charge in [0, 0.05) is 17.8 Å². The first kappa shape index (κ1) is 17.0. The van der Waals surface area contributed by atoms with Gasteiger partial charge in [0.05, 0.1) is 23.3 Å². The zero-order chi connectivity index (χ0) is 18.0. The van der Waals surface area contributed by atoms with Crippen molar-refractivity contribution in [1.29, 1.82) is 0 Å². The third-order valence-corrected chi connectivity index (χ3v) is 5.01. The number of carbonyl (C=O) groups excluding carboxylic acids is 2. The molecule has 2 aromatic carbocycles. The number of benzene rings is 2. The number of methoxy groups -OCH3 is 1. The van der Waals surface area contributed by atoms with Gasteiger partial charge in [0.2, 0.25) is 5.91 Å². The van der Waals surface area contributed by atoms with E-state index < -0.39 is 10.9 Å². The maximum atomic E-state index is 12.3. The van der Waals surface area contributed by atoms with Crippen LogP contribution in [-0.4, -0.2) is 29.7 Å². The van der Waals surface area contributed by atoms with Crippen LogP contribution in [0.25, 0.3) is 0 Å². The highest BCUT2D eigenvalue weighted by Crippen LogP contribution is 2.42. The van der Waals surface area contributed by atoms with Gasteiger partial charge in [-0.15, -0.1) is 11.8 Å². The molecule has 0 aliphatic carbocycles. The number of hydrogen-bond donors (Lipinski definition) is 0. The molecule has 1 fully saturated rings. The number of non-ortho nitro benzene ring substituents is 1. The minimum atomic E-state index is -0.458. The Bertz CT molecular complexity index is 837. The van der Waals surface area contributed by atoms with Crippen molar-refractivity contribution in [3.8, 4) is 0 Å². The first-order valence-electron chi connectivity index (χ1n) is 7.37. The fourth-order valence-corrected chi connectivity index (χ4v) is 3.78. The molecule has 1 amide bonds. The Morgan fingerprint density at radius 1 is 1.28 bits per heavy atom. The van der Waals surface area contributed by atoms with E-state index in [2.05, 4.69) is 4.74 Å². The molecule has 8 heteroatoms. The van der Waals surface area contributed by atoms with E-state index in [0.717, 1.165) is 0 Å². The molecule has 1 saturated heterocycles. The fraction of sp³-hybridized carbons (Fsp3) is 0.176. The van der Waals surface area contributed by atoms with Crippen LogP contribution in [0.1, 0.15) is 21.3 Å². The van der Waals surface area contributed by atoms with E-state index in [1.807, 2.05) is 0 Å². The van der Waals surface area contributed by atoms with Gasteiger partial charge in [-0.3, -0.25) is 19.8 Å². The van der Waals surface area contributed by atoms with Gasteiger partial charge in [0.15, 0.2) is 0 Å². The van der Waals surface area contributed by atoms with Crippen molar-refractivity contribution in [2.45, 2.75) is 5.37 Å². The number of thioether (sulfide) groups is 1. The van der Waals surface area contributed by atoms with Gasteiger partial charge in [-0.25, -0.2) is 4.79 Å². The molecule has 0 N–H and O–H groups in total.